The third-order valence-electron chi connectivity index (χ3n) is 5.27. The molecule has 6 nitrogen and oxygen atoms in total. The molecule has 4 rings (SSSR count). The fourth-order valence-electron chi connectivity index (χ4n) is 3.67. The molecule has 0 atom stereocenters. The van der Waals surface area contributed by atoms with Crippen LogP contribution in [0.15, 0.2) is 53.8 Å². The Morgan fingerprint density at radius 2 is 1.96 bits per heavy atom. The Hall–Kier alpha value is -2.73. The molecule has 1 fully saturated rings. The number of pyridine rings is 2. The highest BCUT2D eigenvalue weighted by atomic mass is 16.5. The van der Waals surface area contributed by atoms with Crippen molar-refractivity contribution in [2.75, 3.05) is 13.2 Å². The van der Waals surface area contributed by atoms with Crippen LogP contribution in [0.5, 0.6) is 0 Å². The Labute approximate surface area is 164 Å². The van der Waals surface area contributed by atoms with E-state index in [0.717, 1.165) is 55.8 Å². The second-order valence-electron chi connectivity index (χ2n) is 7.40. The molecular formula is C22H26N4O2. The van der Waals surface area contributed by atoms with Crippen LogP contribution in [0.25, 0.3) is 16.9 Å². The summed E-state index contributed by atoms with van der Waals surface area (Å²) in [7, 11) is 0. The number of aryl methyl sites for hydroxylation is 1. The summed E-state index contributed by atoms with van der Waals surface area (Å²) in [5, 5.41) is 4.46. The monoisotopic (exact) mass is 378 g/mol. The van der Waals surface area contributed by atoms with E-state index >= 15 is 0 Å². The maximum Gasteiger partial charge on any atom is 0.250 e. The van der Waals surface area contributed by atoms with Crippen molar-refractivity contribution < 1.29 is 4.74 Å². The molecule has 0 bridgehead atoms. The number of rotatable bonds is 6. The summed E-state index contributed by atoms with van der Waals surface area (Å²) < 4.78 is 8.95. The van der Waals surface area contributed by atoms with Crippen molar-refractivity contribution in [3.05, 3.63) is 65.0 Å². The van der Waals surface area contributed by atoms with Crippen LogP contribution < -0.4 is 5.56 Å². The molecule has 3 aromatic heterocycles. The average molecular weight is 378 g/mol. The molecule has 1 aliphatic heterocycles. The molecule has 0 aromatic carbocycles. The molecule has 6 heteroatoms. The third-order valence-corrected chi connectivity index (χ3v) is 5.27. The van der Waals surface area contributed by atoms with Crippen LogP contribution in [0.3, 0.4) is 0 Å². The van der Waals surface area contributed by atoms with Crippen LogP contribution >= 0.6 is 0 Å². The molecule has 0 radical (unpaired) electrons. The quantitative estimate of drug-likeness (QED) is 0.659. The lowest BCUT2D eigenvalue weighted by molar-refractivity contribution is 0.0665. The van der Waals surface area contributed by atoms with E-state index in [4.69, 9.17) is 4.74 Å². The van der Waals surface area contributed by atoms with Crippen LogP contribution in [0, 0.1) is 5.92 Å². The lowest BCUT2D eigenvalue weighted by Gasteiger charge is -2.21. The first kappa shape index (κ1) is 18.6. The van der Waals surface area contributed by atoms with E-state index in [9.17, 15) is 4.79 Å². The van der Waals surface area contributed by atoms with E-state index < -0.39 is 0 Å². The van der Waals surface area contributed by atoms with Gasteiger partial charge in [0.05, 0.1) is 17.6 Å². The fourth-order valence-corrected chi connectivity index (χ4v) is 3.67. The molecule has 1 saturated heterocycles. The van der Waals surface area contributed by atoms with Crippen molar-refractivity contribution in [1.29, 1.82) is 0 Å². The van der Waals surface area contributed by atoms with Gasteiger partial charge in [0.2, 0.25) is 0 Å². The number of nitrogens with zero attached hydrogens (tertiary/aromatic N) is 4. The Balaban J connectivity index is 1.49. The predicted octanol–water partition coefficient (Wildman–Crippen LogP) is 3.48. The highest BCUT2D eigenvalue weighted by molar-refractivity contribution is 5.57. The second kappa shape index (κ2) is 8.52. The fraction of sp³-hybridized carbons (Fsp3) is 0.409. The Bertz CT molecular complexity index is 969. The first-order valence-corrected chi connectivity index (χ1v) is 10.0. The molecule has 1 aliphatic rings. The standard InChI is InChI=1S/C22H26N4O2/c1-2-9-25-16-20(4-6-22(25)27)26-15-19(14-24-26)21-5-3-18(13-23-21)12-17-7-10-28-11-8-17/h3-6,13-17H,2,7-12H2,1H3. The number of ether oxygens (including phenoxy) is 1. The second-order valence-corrected chi connectivity index (χ2v) is 7.40. The maximum atomic E-state index is 11.9. The van der Waals surface area contributed by atoms with E-state index in [1.807, 2.05) is 24.8 Å². The topological polar surface area (TPSA) is 61.9 Å². The van der Waals surface area contributed by atoms with Gasteiger partial charge in [-0.3, -0.25) is 9.78 Å². The van der Waals surface area contributed by atoms with E-state index in [1.54, 1.807) is 21.4 Å². The molecule has 0 N–H and O–H groups in total. The average Bonchev–Trinajstić information content (AvgIpc) is 3.21. The predicted molar refractivity (Wildman–Crippen MR) is 109 cm³/mol. The number of aromatic nitrogens is 4. The zero-order valence-electron chi connectivity index (χ0n) is 16.3. The van der Waals surface area contributed by atoms with Crippen LogP contribution in [0.4, 0.5) is 0 Å². The molecular weight excluding hydrogens is 352 g/mol. The summed E-state index contributed by atoms with van der Waals surface area (Å²) in [6.07, 6.45) is 11.8. The SMILES string of the molecule is CCCn1cc(-n2cc(-c3ccc(CC4CCOCC4)cn3)cn2)ccc1=O. The van der Waals surface area contributed by atoms with Gasteiger partial charge < -0.3 is 9.30 Å². The molecule has 0 amide bonds. The molecule has 0 aliphatic carbocycles. The largest absolute Gasteiger partial charge is 0.381 e. The summed E-state index contributed by atoms with van der Waals surface area (Å²) in [6, 6.07) is 7.62. The minimum Gasteiger partial charge on any atom is -0.381 e. The smallest absolute Gasteiger partial charge is 0.250 e. The van der Waals surface area contributed by atoms with Gasteiger partial charge in [0.1, 0.15) is 0 Å². The minimum absolute atomic E-state index is 0.0137. The highest BCUT2D eigenvalue weighted by Crippen LogP contribution is 2.22. The number of hydrogen-bond acceptors (Lipinski definition) is 4. The van der Waals surface area contributed by atoms with Crippen molar-refractivity contribution in [3.63, 3.8) is 0 Å². The van der Waals surface area contributed by atoms with Crippen LogP contribution in [0.2, 0.25) is 0 Å². The third kappa shape index (κ3) is 4.22. The summed E-state index contributed by atoms with van der Waals surface area (Å²) in [4.78, 5) is 16.6. The van der Waals surface area contributed by atoms with Crippen molar-refractivity contribution in [2.45, 2.75) is 39.2 Å². The van der Waals surface area contributed by atoms with Crippen LogP contribution in [-0.2, 0) is 17.7 Å². The molecule has 0 unspecified atom stereocenters. The summed E-state index contributed by atoms with van der Waals surface area (Å²) >= 11 is 0. The van der Waals surface area contributed by atoms with E-state index in [1.165, 1.54) is 5.56 Å². The molecule has 146 valence electrons. The molecule has 28 heavy (non-hydrogen) atoms. The summed E-state index contributed by atoms with van der Waals surface area (Å²) in [6.45, 7) is 4.52. The van der Waals surface area contributed by atoms with Crippen LogP contribution in [-0.4, -0.2) is 32.5 Å². The maximum absolute atomic E-state index is 11.9. The van der Waals surface area contributed by atoms with Crippen molar-refractivity contribution in [1.82, 2.24) is 19.3 Å². The van der Waals surface area contributed by atoms with E-state index in [-0.39, 0.29) is 5.56 Å². The van der Waals surface area contributed by atoms with Gasteiger partial charge in [-0.2, -0.15) is 5.10 Å². The molecule has 0 saturated carbocycles. The zero-order valence-corrected chi connectivity index (χ0v) is 16.3. The van der Waals surface area contributed by atoms with Gasteiger partial charge in [0.15, 0.2) is 0 Å². The molecule has 0 spiro atoms. The van der Waals surface area contributed by atoms with Gasteiger partial charge in [0, 0.05) is 50.0 Å². The lowest BCUT2D eigenvalue weighted by Crippen LogP contribution is -2.19. The summed E-state index contributed by atoms with van der Waals surface area (Å²) in [5.74, 6) is 0.697. The highest BCUT2D eigenvalue weighted by Gasteiger charge is 2.14. The lowest BCUT2D eigenvalue weighted by atomic mass is 9.93. The molecule has 3 aromatic rings. The van der Waals surface area contributed by atoms with Crippen molar-refractivity contribution >= 4 is 0 Å². The Morgan fingerprint density at radius 1 is 1.11 bits per heavy atom. The minimum atomic E-state index is 0.0137. The van der Waals surface area contributed by atoms with Gasteiger partial charge in [-0.25, -0.2) is 4.68 Å². The summed E-state index contributed by atoms with van der Waals surface area (Å²) in [5.41, 5.74) is 4.03. The normalized spacial score (nSPS) is 15.0. The van der Waals surface area contributed by atoms with Gasteiger partial charge >= 0.3 is 0 Å². The molecule has 4 heterocycles. The van der Waals surface area contributed by atoms with Gasteiger partial charge in [-0.15, -0.1) is 0 Å². The Kier molecular flexibility index (Phi) is 5.67. The van der Waals surface area contributed by atoms with Gasteiger partial charge in [0.25, 0.3) is 5.56 Å². The van der Waals surface area contributed by atoms with Crippen LogP contribution in [0.1, 0.15) is 31.7 Å². The Morgan fingerprint density at radius 3 is 2.71 bits per heavy atom. The zero-order chi connectivity index (χ0) is 19.3. The van der Waals surface area contributed by atoms with E-state index in [0.29, 0.717) is 12.5 Å². The van der Waals surface area contributed by atoms with Gasteiger partial charge in [-0.1, -0.05) is 13.0 Å². The van der Waals surface area contributed by atoms with Crippen molar-refractivity contribution in [2.24, 2.45) is 5.92 Å². The first-order valence-electron chi connectivity index (χ1n) is 10.0. The van der Waals surface area contributed by atoms with Gasteiger partial charge in [-0.05, 0) is 49.3 Å². The van der Waals surface area contributed by atoms with Crippen molar-refractivity contribution in [3.8, 4) is 16.9 Å². The number of hydrogen-bond donors (Lipinski definition) is 0. The first-order chi connectivity index (χ1) is 13.7. The van der Waals surface area contributed by atoms with E-state index in [2.05, 4.69) is 29.1 Å².